The highest BCUT2D eigenvalue weighted by molar-refractivity contribution is 7.89. The molecule has 1 aromatic carbocycles. The number of rotatable bonds is 4. The molecule has 1 aromatic rings. The fourth-order valence-corrected chi connectivity index (χ4v) is 4.54. The van der Waals surface area contributed by atoms with Crippen LogP contribution >= 0.6 is 11.6 Å². The van der Waals surface area contributed by atoms with E-state index in [2.05, 4.69) is 6.92 Å². The Labute approximate surface area is 126 Å². The van der Waals surface area contributed by atoms with Gasteiger partial charge in [-0.2, -0.15) is 4.31 Å². The van der Waals surface area contributed by atoms with Crippen molar-refractivity contribution in [1.82, 2.24) is 4.31 Å². The van der Waals surface area contributed by atoms with Crippen LogP contribution in [0.2, 0.25) is 5.02 Å². The molecule has 0 amide bonds. The van der Waals surface area contributed by atoms with Gasteiger partial charge in [-0.1, -0.05) is 24.9 Å². The summed E-state index contributed by atoms with van der Waals surface area (Å²) in [6.45, 7) is 3.05. The highest BCUT2D eigenvalue weighted by Gasteiger charge is 2.35. The molecule has 0 radical (unpaired) electrons. The van der Waals surface area contributed by atoms with Crippen molar-refractivity contribution in [2.75, 3.05) is 13.1 Å². The summed E-state index contributed by atoms with van der Waals surface area (Å²) < 4.78 is 26.9. The molecule has 6 heteroatoms. The Kier molecular flexibility index (Phi) is 5.07. The number of nitrogens with two attached hydrogens (primary N) is 1. The summed E-state index contributed by atoms with van der Waals surface area (Å²) in [5.41, 5.74) is 5.78. The van der Waals surface area contributed by atoms with E-state index in [1.807, 2.05) is 0 Å². The molecule has 1 heterocycles. The first-order valence-corrected chi connectivity index (χ1v) is 8.78. The molecule has 112 valence electrons. The molecule has 2 atom stereocenters. The SMILES string of the molecule is CCC1CCN(S(=O)(=O)c2ccc(Cl)cc2)C(CN)C1. The van der Waals surface area contributed by atoms with E-state index in [4.69, 9.17) is 17.3 Å². The Morgan fingerprint density at radius 1 is 1.35 bits per heavy atom. The molecule has 2 rings (SSSR count). The molecule has 20 heavy (non-hydrogen) atoms. The number of sulfonamides is 1. The Morgan fingerprint density at radius 3 is 2.55 bits per heavy atom. The third-order valence-electron chi connectivity index (χ3n) is 4.04. The van der Waals surface area contributed by atoms with E-state index in [0.29, 0.717) is 24.0 Å². The van der Waals surface area contributed by atoms with Crippen LogP contribution in [-0.2, 0) is 10.0 Å². The average Bonchev–Trinajstić information content (AvgIpc) is 2.46. The average molecular weight is 317 g/mol. The summed E-state index contributed by atoms with van der Waals surface area (Å²) in [6, 6.07) is 6.21. The molecule has 1 aliphatic rings. The Bertz CT molecular complexity index is 545. The molecule has 0 saturated carbocycles. The summed E-state index contributed by atoms with van der Waals surface area (Å²) in [5.74, 6) is 0.570. The molecule has 1 fully saturated rings. The van der Waals surface area contributed by atoms with E-state index in [-0.39, 0.29) is 10.9 Å². The topological polar surface area (TPSA) is 63.4 Å². The molecule has 0 bridgehead atoms. The van der Waals surface area contributed by atoms with Gasteiger partial charge in [0.2, 0.25) is 10.0 Å². The smallest absolute Gasteiger partial charge is 0.243 e. The van der Waals surface area contributed by atoms with Gasteiger partial charge >= 0.3 is 0 Å². The minimum Gasteiger partial charge on any atom is -0.329 e. The molecule has 2 unspecified atom stereocenters. The van der Waals surface area contributed by atoms with Crippen molar-refractivity contribution in [2.24, 2.45) is 11.7 Å². The molecule has 0 aromatic heterocycles. The largest absolute Gasteiger partial charge is 0.329 e. The first kappa shape index (κ1) is 15.8. The van der Waals surface area contributed by atoms with E-state index in [9.17, 15) is 8.42 Å². The van der Waals surface area contributed by atoms with Gasteiger partial charge in [0.15, 0.2) is 0 Å². The fourth-order valence-electron chi connectivity index (χ4n) is 2.76. The van der Waals surface area contributed by atoms with Crippen LogP contribution in [0.25, 0.3) is 0 Å². The van der Waals surface area contributed by atoms with Crippen LogP contribution in [0.5, 0.6) is 0 Å². The molecule has 0 aliphatic carbocycles. The quantitative estimate of drug-likeness (QED) is 0.928. The third kappa shape index (κ3) is 3.17. The van der Waals surface area contributed by atoms with Gasteiger partial charge in [-0.25, -0.2) is 8.42 Å². The monoisotopic (exact) mass is 316 g/mol. The maximum atomic E-state index is 12.7. The predicted molar refractivity (Wildman–Crippen MR) is 81.2 cm³/mol. The number of hydrogen-bond acceptors (Lipinski definition) is 3. The predicted octanol–water partition coefficient (Wildman–Crippen LogP) is 2.48. The van der Waals surface area contributed by atoms with Gasteiger partial charge in [-0.3, -0.25) is 0 Å². The van der Waals surface area contributed by atoms with E-state index in [0.717, 1.165) is 19.3 Å². The van der Waals surface area contributed by atoms with E-state index >= 15 is 0 Å². The van der Waals surface area contributed by atoms with E-state index < -0.39 is 10.0 Å². The van der Waals surface area contributed by atoms with Gasteiger partial charge in [-0.15, -0.1) is 0 Å². The van der Waals surface area contributed by atoms with Crippen molar-refractivity contribution in [2.45, 2.75) is 37.1 Å². The fraction of sp³-hybridized carbons (Fsp3) is 0.571. The highest BCUT2D eigenvalue weighted by Crippen LogP contribution is 2.30. The highest BCUT2D eigenvalue weighted by atomic mass is 35.5. The van der Waals surface area contributed by atoms with E-state index in [1.165, 1.54) is 0 Å². The van der Waals surface area contributed by atoms with Crippen molar-refractivity contribution in [3.8, 4) is 0 Å². The lowest BCUT2D eigenvalue weighted by Crippen LogP contribution is -2.49. The van der Waals surface area contributed by atoms with Crippen LogP contribution < -0.4 is 5.73 Å². The zero-order valence-electron chi connectivity index (χ0n) is 11.6. The number of benzene rings is 1. The Balaban J connectivity index is 2.26. The standard InChI is InChI=1S/C14H21ClN2O2S/c1-2-11-7-8-17(13(9-11)10-16)20(18,19)14-5-3-12(15)4-6-14/h3-6,11,13H,2,7-10,16H2,1H3. The minimum atomic E-state index is -3.48. The summed E-state index contributed by atoms with van der Waals surface area (Å²) in [4.78, 5) is 0.287. The second kappa shape index (κ2) is 6.43. The van der Waals surface area contributed by atoms with Gasteiger partial charge in [-0.05, 0) is 43.0 Å². The molecule has 1 aliphatic heterocycles. The van der Waals surface area contributed by atoms with Crippen molar-refractivity contribution in [1.29, 1.82) is 0 Å². The first-order chi connectivity index (χ1) is 9.48. The van der Waals surface area contributed by atoms with Gasteiger partial charge in [0.1, 0.15) is 0 Å². The van der Waals surface area contributed by atoms with Crippen LogP contribution in [0.15, 0.2) is 29.2 Å². The normalized spacial score (nSPS) is 24.8. The van der Waals surface area contributed by atoms with Gasteiger partial charge in [0.25, 0.3) is 0 Å². The molecule has 1 saturated heterocycles. The maximum absolute atomic E-state index is 12.7. The lowest BCUT2D eigenvalue weighted by atomic mass is 9.90. The van der Waals surface area contributed by atoms with Crippen molar-refractivity contribution in [3.05, 3.63) is 29.3 Å². The van der Waals surface area contributed by atoms with Crippen LogP contribution in [-0.4, -0.2) is 31.9 Å². The van der Waals surface area contributed by atoms with E-state index in [1.54, 1.807) is 28.6 Å². The van der Waals surface area contributed by atoms with Gasteiger partial charge < -0.3 is 5.73 Å². The molecule has 4 nitrogen and oxygen atoms in total. The van der Waals surface area contributed by atoms with Crippen molar-refractivity contribution < 1.29 is 8.42 Å². The van der Waals surface area contributed by atoms with Crippen LogP contribution in [0.4, 0.5) is 0 Å². The maximum Gasteiger partial charge on any atom is 0.243 e. The second-order valence-corrected chi connectivity index (χ2v) is 7.58. The Morgan fingerprint density at radius 2 is 2.00 bits per heavy atom. The molecular weight excluding hydrogens is 296 g/mol. The van der Waals surface area contributed by atoms with Gasteiger partial charge in [0, 0.05) is 24.2 Å². The molecule has 0 spiro atoms. The Hall–Kier alpha value is -0.620. The lowest BCUT2D eigenvalue weighted by Gasteiger charge is -2.37. The number of piperidine rings is 1. The lowest BCUT2D eigenvalue weighted by molar-refractivity contribution is 0.197. The molecular formula is C14H21ClN2O2S. The third-order valence-corrected chi connectivity index (χ3v) is 6.26. The summed E-state index contributed by atoms with van der Waals surface area (Å²) in [6.07, 6.45) is 2.82. The number of halogens is 1. The zero-order chi connectivity index (χ0) is 14.8. The minimum absolute atomic E-state index is 0.102. The van der Waals surface area contributed by atoms with Crippen LogP contribution in [0.1, 0.15) is 26.2 Å². The summed E-state index contributed by atoms with van der Waals surface area (Å²) in [5, 5.41) is 0.531. The number of nitrogens with zero attached hydrogens (tertiary/aromatic N) is 1. The number of hydrogen-bond donors (Lipinski definition) is 1. The summed E-state index contributed by atoms with van der Waals surface area (Å²) in [7, 11) is -3.48. The molecule has 2 N–H and O–H groups in total. The van der Waals surface area contributed by atoms with Crippen molar-refractivity contribution >= 4 is 21.6 Å². The van der Waals surface area contributed by atoms with Gasteiger partial charge in [0.05, 0.1) is 4.90 Å². The van der Waals surface area contributed by atoms with Crippen LogP contribution in [0, 0.1) is 5.92 Å². The summed E-state index contributed by atoms with van der Waals surface area (Å²) >= 11 is 5.81. The first-order valence-electron chi connectivity index (χ1n) is 6.96. The zero-order valence-corrected chi connectivity index (χ0v) is 13.2. The van der Waals surface area contributed by atoms with Crippen LogP contribution in [0.3, 0.4) is 0 Å². The van der Waals surface area contributed by atoms with Crippen molar-refractivity contribution in [3.63, 3.8) is 0 Å². The second-order valence-electron chi connectivity index (χ2n) is 5.26.